The topological polar surface area (TPSA) is 48.8 Å². The molecule has 0 aliphatic carbocycles. The lowest BCUT2D eigenvalue weighted by Gasteiger charge is -2.32. The summed E-state index contributed by atoms with van der Waals surface area (Å²) in [6.45, 7) is 15.2. The molecule has 3 rings (SSSR count). The van der Waals surface area contributed by atoms with Crippen molar-refractivity contribution in [3.8, 4) is 5.75 Å². The van der Waals surface area contributed by atoms with Crippen LogP contribution in [0.1, 0.15) is 25.1 Å². The molecule has 0 aliphatic rings. The van der Waals surface area contributed by atoms with Crippen LogP contribution in [0.3, 0.4) is 0 Å². The van der Waals surface area contributed by atoms with Crippen LogP contribution in [0.2, 0.25) is 5.02 Å². The Morgan fingerprint density at radius 2 is 1.82 bits per heavy atom. The molecule has 1 heterocycles. The van der Waals surface area contributed by atoms with E-state index in [9.17, 15) is 5.11 Å². The quantitative estimate of drug-likeness (QED) is 0.289. The van der Waals surface area contributed by atoms with E-state index in [-0.39, 0.29) is 0 Å². The molecule has 9 heteroatoms. The Hall–Kier alpha value is -1.05. The molecule has 1 aromatic heterocycles. The number of nitrogens with zero attached hydrogens (tertiary/aromatic N) is 3. The predicted octanol–water partition coefficient (Wildman–Crippen LogP) is 7.82. The zero-order valence-corrected chi connectivity index (χ0v) is 23.9. The number of aromatic hydroxyl groups is 1. The van der Waals surface area contributed by atoms with E-state index >= 15 is 0 Å². The lowest BCUT2D eigenvalue weighted by atomic mass is 10.1. The van der Waals surface area contributed by atoms with Gasteiger partial charge < -0.3 is 5.11 Å². The van der Waals surface area contributed by atoms with Crippen LogP contribution in [-0.2, 0) is 10.9 Å². The fourth-order valence-electron chi connectivity index (χ4n) is 3.80. The highest BCUT2D eigenvalue weighted by molar-refractivity contribution is 8.22. The molecule has 178 valence electrons. The second-order valence-electron chi connectivity index (χ2n) is 8.51. The van der Waals surface area contributed by atoms with Gasteiger partial charge in [-0.15, -0.1) is 0 Å². The largest absolute Gasteiger partial charge is 0.508 e. The van der Waals surface area contributed by atoms with Gasteiger partial charge in [0.1, 0.15) is 5.75 Å². The van der Waals surface area contributed by atoms with E-state index in [0.717, 1.165) is 46.6 Å². The van der Waals surface area contributed by atoms with Crippen LogP contribution in [0, 0.1) is 6.92 Å². The van der Waals surface area contributed by atoms with Crippen LogP contribution < -0.4 is 4.67 Å². The SMILES string of the molecule is CCN(CC)Cc1cc(N(c2cc(C)nc3cc(Cl)ccc23)P(C)O[P+](C)(C)P)ccc1O. The fraction of sp³-hybridized carbons (Fsp3) is 0.375. The number of halogens is 1. The van der Waals surface area contributed by atoms with Gasteiger partial charge in [-0.25, -0.2) is 0 Å². The molecule has 0 radical (unpaired) electrons. The van der Waals surface area contributed by atoms with Gasteiger partial charge in [-0.3, -0.25) is 14.6 Å². The van der Waals surface area contributed by atoms with Crippen molar-refractivity contribution >= 4 is 58.3 Å². The maximum atomic E-state index is 10.6. The lowest BCUT2D eigenvalue weighted by molar-refractivity contribution is 0.291. The van der Waals surface area contributed by atoms with Crippen molar-refractivity contribution in [1.29, 1.82) is 0 Å². The Labute approximate surface area is 206 Å². The minimum atomic E-state index is -1.59. The zero-order valence-electron chi connectivity index (χ0n) is 20.2. The molecule has 0 saturated carbocycles. The summed E-state index contributed by atoms with van der Waals surface area (Å²) in [5, 5.41) is 12.3. The highest BCUT2D eigenvalue weighted by Gasteiger charge is 2.31. The van der Waals surface area contributed by atoms with Crippen molar-refractivity contribution in [2.45, 2.75) is 27.3 Å². The summed E-state index contributed by atoms with van der Waals surface area (Å²) in [6.07, 6.45) is 0. The van der Waals surface area contributed by atoms with E-state index in [1.807, 2.05) is 31.2 Å². The molecule has 33 heavy (non-hydrogen) atoms. The van der Waals surface area contributed by atoms with Crippen LogP contribution in [0.5, 0.6) is 5.75 Å². The standard InChI is InChI=1S/C24H33ClN3O2P3/c1-7-27(8-2)16-18-14-20(10-12-24(18)29)28(32(4)30-33(5,6)31)23-13-17(3)26-22-15-19(25)9-11-21(22)23/h9-15H,7-8,16,31H2,1-6H3/p+1. The molecule has 0 spiro atoms. The molecular weight excluding hydrogens is 491 g/mol. The predicted molar refractivity (Wildman–Crippen MR) is 151 cm³/mol. The number of hydrogen-bond donors (Lipinski definition) is 1. The van der Waals surface area contributed by atoms with E-state index in [0.29, 0.717) is 17.3 Å². The Balaban J connectivity index is 2.20. The molecule has 5 nitrogen and oxygen atoms in total. The van der Waals surface area contributed by atoms with Gasteiger partial charge in [-0.2, -0.15) is 4.31 Å². The van der Waals surface area contributed by atoms with Gasteiger partial charge in [0.05, 0.1) is 33.5 Å². The fourth-order valence-corrected chi connectivity index (χ4v) is 8.84. The first-order valence-corrected chi connectivity index (χ1v) is 17.2. The number of phenolic OH excluding ortho intramolecular Hbond substituents is 1. The smallest absolute Gasteiger partial charge is 0.184 e. The van der Waals surface area contributed by atoms with Crippen LogP contribution in [0.25, 0.3) is 10.9 Å². The average molecular weight is 525 g/mol. The minimum Gasteiger partial charge on any atom is -0.508 e. The van der Waals surface area contributed by atoms with Gasteiger partial charge in [-0.05, 0) is 62.5 Å². The van der Waals surface area contributed by atoms with Gasteiger partial charge >= 0.3 is 0 Å². The Bertz CT molecular complexity index is 1110. The molecule has 1 N–H and O–H groups in total. The van der Waals surface area contributed by atoms with Crippen LogP contribution in [0.15, 0.2) is 42.5 Å². The third kappa shape index (κ3) is 6.76. The summed E-state index contributed by atoms with van der Waals surface area (Å²) in [6, 6.07) is 13.8. The first-order valence-electron chi connectivity index (χ1n) is 11.0. The maximum Gasteiger partial charge on any atom is 0.184 e. The summed E-state index contributed by atoms with van der Waals surface area (Å²) in [7, 11) is 0.265. The van der Waals surface area contributed by atoms with E-state index in [4.69, 9.17) is 20.9 Å². The van der Waals surface area contributed by atoms with Crippen molar-refractivity contribution in [3.05, 3.63) is 58.7 Å². The summed E-state index contributed by atoms with van der Waals surface area (Å²) in [5.74, 6) is 0.313. The van der Waals surface area contributed by atoms with Gasteiger partial charge in [0.2, 0.25) is 0 Å². The van der Waals surface area contributed by atoms with Crippen LogP contribution in [0.4, 0.5) is 11.4 Å². The van der Waals surface area contributed by atoms with Crippen molar-refractivity contribution in [1.82, 2.24) is 9.88 Å². The van der Waals surface area contributed by atoms with E-state index in [2.05, 4.69) is 64.5 Å². The van der Waals surface area contributed by atoms with Gasteiger partial charge in [-0.1, -0.05) is 25.4 Å². The molecule has 2 unspecified atom stereocenters. The van der Waals surface area contributed by atoms with Crippen molar-refractivity contribution in [2.24, 2.45) is 0 Å². The number of hydrogen-bond acceptors (Lipinski definition) is 5. The van der Waals surface area contributed by atoms with Gasteiger partial charge in [0, 0.05) is 40.6 Å². The highest BCUT2D eigenvalue weighted by atomic mass is 35.5. The summed E-state index contributed by atoms with van der Waals surface area (Å²) in [5.41, 5.74) is 4.69. The number of pyridine rings is 1. The first kappa shape index (κ1) is 26.6. The van der Waals surface area contributed by atoms with Gasteiger partial charge in [0.15, 0.2) is 15.5 Å². The third-order valence-electron chi connectivity index (χ3n) is 5.31. The number of anilines is 2. The number of benzene rings is 2. The summed E-state index contributed by atoms with van der Waals surface area (Å²) < 4.78 is 8.82. The first-order chi connectivity index (χ1) is 15.5. The highest BCUT2D eigenvalue weighted by Crippen LogP contribution is 2.70. The Kier molecular flexibility index (Phi) is 8.95. The van der Waals surface area contributed by atoms with Crippen molar-refractivity contribution < 1.29 is 9.42 Å². The molecule has 0 aliphatic heterocycles. The van der Waals surface area contributed by atoms with E-state index < -0.39 is 15.5 Å². The summed E-state index contributed by atoms with van der Waals surface area (Å²) >= 11 is 6.28. The Morgan fingerprint density at radius 1 is 1.12 bits per heavy atom. The van der Waals surface area contributed by atoms with Crippen molar-refractivity contribution in [2.75, 3.05) is 37.8 Å². The molecular formula is C24H34ClN3O2P3+. The Morgan fingerprint density at radius 3 is 2.45 bits per heavy atom. The number of phenols is 1. The normalized spacial score (nSPS) is 13.0. The molecule has 2 aromatic carbocycles. The lowest BCUT2D eigenvalue weighted by Crippen LogP contribution is -2.22. The number of rotatable bonds is 9. The second-order valence-corrected chi connectivity index (χ2v) is 17.5. The average Bonchev–Trinajstić information content (AvgIpc) is 2.72. The molecule has 0 fully saturated rings. The molecule has 3 aromatic rings. The maximum absolute atomic E-state index is 10.6. The monoisotopic (exact) mass is 524 g/mol. The van der Waals surface area contributed by atoms with E-state index in [1.54, 1.807) is 6.07 Å². The van der Waals surface area contributed by atoms with Gasteiger partial charge in [0.25, 0.3) is 0 Å². The van der Waals surface area contributed by atoms with E-state index in [1.165, 1.54) is 0 Å². The van der Waals surface area contributed by atoms with Crippen molar-refractivity contribution in [3.63, 3.8) is 0 Å². The van der Waals surface area contributed by atoms with Crippen LogP contribution in [-0.4, -0.2) is 48.1 Å². The number of fused-ring (bicyclic) bond motifs is 1. The number of aromatic nitrogens is 1. The number of aryl methyl sites for hydroxylation is 1. The molecule has 0 amide bonds. The molecule has 2 atom stereocenters. The van der Waals surface area contributed by atoms with Crippen LogP contribution >= 0.6 is 36.0 Å². The second kappa shape index (κ2) is 11.1. The minimum absolute atomic E-state index is 0.313. The molecule has 0 saturated heterocycles. The zero-order chi connectivity index (χ0) is 24.3. The molecule has 0 bridgehead atoms. The third-order valence-corrected chi connectivity index (χ3v) is 10.0. The summed E-state index contributed by atoms with van der Waals surface area (Å²) in [4.78, 5) is 7.00.